The van der Waals surface area contributed by atoms with Crippen LogP contribution in [0.3, 0.4) is 0 Å². The summed E-state index contributed by atoms with van der Waals surface area (Å²) in [5, 5.41) is 6.40. The van der Waals surface area contributed by atoms with Crippen molar-refractivity contribution in [2.45, 2.75) is 20.0 Å². The molecule has 0 atom stereocenters. The van der Waals surface area contributed by atoms with Gasteiger partial charge in [-0.1, -0.05) is 23.4 Å². The largest absolute Gasteiger partial charge is 0.484 e. The van der Waals surface area contributed by atoms with Crippen molar-refractivity contribution in [1.82, 2.24) is 10.1 Å². The first-order valence-corrected chi connectivity index (χ1v) is 7.65. The number of nitrogens with zero attached hydrogens (tertiary/aromatic N) is 2. The fourth-order valence-electron chi connectivity index (χ4n) is 2.20. The van der Waals surface area contributed by atoms with Crippen molar-refractivity contribution in [2.75, 3.05) is 5.32 Å². The normalized spacial score (nSPS) is 10.5. The fourth-order valence-corrected chi connectivity index (χ4v) is 2.20. The van der Waals surface area contributed by atoms with Gasteiger partial charge in [0.1, 0.15) is 11.6 Å². The number of aryl methyl sites for hydroxylation is 1. The van der Waals surface area contributed by atoms with Crippen molar-refractivity contribution in [3.05, 3.63) is 71.6 Å². The van der Waals surface area contributed by atoms with Crippen molar-refractivity contribution >= 4 is 11.6 Å². The number of hydrogen-bond acceptors (Lipinski definition) is 5. The molecule has 3 aromatic rings. The van der Waals surface area contributed by atoms with E-state index in [0.717, 1.165) is 0 Å². The van der Waals surface area contributed by atoms with Gasteiger partial charge < -0.3 is 14.6 Å². The highest BCUT2D eigenvalue weighted by Gasteiger charge is 2.08. The highest BCUT2D eigenvalue weighted by Crippen LogP contribution is 2.17. The molecule has 0 saturated carbocycles. The summed E-state index contributed by atoms with van der Waals surface area (Å²) in [6.45, 7) is 1.89. The Morgan fingerprint density at radius 1 is 1.20 bits per heavy atom. The lowest BCUT2D eigenvalue weighted by Gasteiger charge is -2.08. The van der Waals surface area contributed by atoms with Gasteiger partial charge >= 0.3 is 0 Å². The lowest BCUT2D eigenvalue weighted by atomic mass is 10.1. The molecule has 0 unspecified atom stereocenters. The van der Waals surface area contributed by atoms with E-state index in [2.05, 4.69) is 15.5 Å². The summed E-state index contributed by atoms with van der Waals surface area (Å²) >= 11 is 0. The fraction of sp³-hybridized carbons (Fsp3) is 0.167. The Kier molecular flexibility index (Phi) is 5.03. The molecule has 0 aliphatic carbocycles. The highest BCUT2D eigenvalue weighted by atomic mass is 19.1. The molecule has 0 fully saturated rings. The van der Waals surface area contributed by atoms with Gasteiger partial charge in [-0.25, -0.2) is 4.39 Å². The number of rotatable bonds is 6. The van der Waals surface area contributed by atoms with Gasteiger partial charge in [0.25, 0.3) is 5.89 Å². The molecule has 0 aliphatic rings. The van der Waals surface area contributed by atoms with Gasteiger partial charge in [0.2, 0.25) is 5.91 Å². The molecule has 0 bridgehead atoms. The standard InChI is InChI=1S/C18H16FN3O3/c1-12-20-18(25-22-12)11-24-15-8-6-14(7-9-15)21-17(23)10-13-4-2-3-5-16(13)19/h2-9H,10-11H2,1H3,(H,21,23). The number of ether oxygens (including phenoxy) is 1. The van der Waals surface area contributed by atoms with Crippen LogP contribution in [0, 0.1) is 12.7 Å². The Morgan fingerprint density at radius 2 is 1.96 bits per heavy atom. The van der Waals surface area contributed by atoms with Gasteiger partial charge in [0.15, 0.2) is 12.4 Å². The molecule has 1 aromatic heterocycles. The molecule has 1 heterocycles. The molecule has 0 spiro atoms. The van der Waals surface area contributed by atoms with E-state index in [1.165, 1.54) is 6.07 Å². The zero-order valence-corrected chi connectivity index (χ0v) is 13.5. The third-order valence-corrected chi connectivity index (χ3v) is 3.38. The SMILES string of the molecule is Cc1noc(COc2ccc(NC(=O)Cc3ccccc3F)cc2)n1. The predicted molar refractivity (Wildman–Crippen MR) is 88.5 cm³/mol. The Balaban J connectivity index is 1.53. The van der Waals surface area contributed by atoms with Gasteiger partial charge in [-0.15, -0.1) is 0 Å². The lowest BCUT2D eigenvalue weighted by Crippen LogP contribution is -2.15. The number of carbonyl (C=O) groups is 1. The van der Waals surface area contributed by atoms with Gasteiger partial charge in [-0.05, 0) is 42.8 Å². The van der Waals surface area contributed by atoms with Gasteiger partial charge in [-0.2, -0.15) is 4.98 Å². The van der Waals surface area contributed by atoms with E-state index in [1.807, 2.05) is 0 Å². The Labute approximate surface area is 143 Å². The number of benzene rings is 2. The summed E-state index contributed by atoms with van der Waals surface area (Å²) in [6, 6.07) is 13.0. The van der Waals surface area contributed by atoms with E-state index in [0.29, 0.717) is 28.7 Å². The van der Waals surface area contributed by atoms with E-state index in [9.17, 15) is 9.18 Å². The number of amides is 1. The summed E-state index contributed by atoms with van der Waals surface area (Å²) in [5.41, 5.74) is 0.956. The first kappa shape index (κ1) is 16.6. The zero-order chi connectivity index (χ0) is 17.6. The van der Waals surface area contributed by atoms with E-state index in [1.54, 1.807) is 49.4 Å². The van der Waals surface area contributed by atoms with Crippen LogP contribution in [-0.2, 0) is 17.8 Å². The summed E-state index contributed by atoms with van der Waals surface area (Å²) < 4.78 is 24.0. The van der Waals surface area contributed by atoms with E-state index in [-0.39, 0.29) is 18.9 Å². The third-order valence-electron chi connectivity index (χ3n) is 3.38. The summed E-state index contributed by atoms with van der Waals surface area (Å²) in [4.78, 5) is 16.0. The molecule has 1 amide bonds. The minimum atomic E-state index is -0.391. The van der Waals surface area contributed by atoms with E-state index in [4.69, 9.17) is 9.26 Å². The monoisotopic (exact) mass is 341 g/mol. The number of nitrogens with one attached hydrogen (secondary N) is 1. The van der Waals surface area contributed by atoms with Crippen LogP contribution in [-0.4, -0.2) is 16.0 Å². The summed E-state index contributed by atoms with van der Waals surface area (Å²) in [5.74, 6) is 0.854. The van der Waals surface area contributed by atoms with Crippen LogP contribution in [0.25, 0.3) is 0 Å². The summed E-state index contributed by atoms with van der Waals surface area (Å²) in [6.07, 6.45) is -0.0264. The molecule has 7 heteroatoms. The van der Waals surface area contributed by atoms with Crippen LogP contribution in [0.2, 0.25) is 0 Å². The molecule has 6 nitrogen and oxygen atoms in total. The van der Waals surface area contributed by atoms with Crippen molar-refractivity contribution in [3.8, 4) is 5.75 Å². The number of carbonyl (C=O) groups excluding carboxylic acids is 1. The molecular weight excluding hydrogens is 325 g/mol. The number of anilines is 1. The quantitative estimate of drug-likeness (QED) is 0.744. The first-order chi connectivity index (χ1) is 12.1. The molecule has 25 heavy (non-hydrogen) atoms. The number of hydrogen-bond donors (Lipinski definition) is 1. The minimum absolute atomic E-state index is 0.0264. The molecule has 3 rings (SSSR count). The average molecular weight is 341 g/mol. The summed E-state index contributed by atoms with van der Waals surface area (Å²) in [7, 11) is 0. The van der Waals surface area contributed by atoms with Crippen LogP contribution < -0.4 is 10.1 Å². The molecule has 0 radical (unpaired) electrons. The second-order valence-electron chi connectivity index (χ2n) is 5.36. The highest BCUT2D eigenvalue weighted by molar-refractivity contribution is 5.92. The second-order valence-corrected chi connectivity index (χ2v) is 5.36. The van der Waals surface area contributed by atoms with Crippen molar-refractivity contribution in [3.63, 3.8) is 0 Å². The Morgan fingerprint density at radius 3 is 2.64 bits per heavy atom. The van der Waals surface area contributed by atoms with Crippen LogP contribution in [0.5, 0.6) is 5.75 Å². The van der Waals surface area contributed by atoms with Gasteiger partial charge in [0.05, 0.1) is 6.42 Å². The molecule has 2 aromatic carbocycles. The topological polar surface area (TPSA) is 77.3 Å². The van der Waals surface area contributed by atoms with Crippen molar-refractivity contribution in [1.29, 1.82) is 0 Å². The number of halogens is 1. The molecule has 0 saturated heterocycles. The molecule has 128 valence electrons. The van der Waals surface area contributed by atoms with Crippen molar-refractivity contribution < 1.29 is 18.4 Å². The van der Waals surface area contributed by atoms with Crippen LogP contribution in [0.1, 0.15) is 17.3 Å². The second kappa shape index (κ2) is 7.57. The maximum Gasteiger partial charge on any atom is 0.264 e. The molecular formula is C18H16FN3O3. The minimum Gasteiger partial charge on any atom is -0.484 e. The van der Waals surface area contributed by atoms with Gasteiger partial charge in [0, 0.05) is 5.69 Å². The number of aromatic nitrogens is 2. The smallest absolute Gasteiger partial charge is 0.264 e. The Hall–Kier alpha value is -3.22. The maximum absolute atomic E-state index is 13.6. The van der Waals surface area contributed by atoms with Crippen LogP contribution in [0.15, 0.2) is 53.1 Å². The van der Waals surface area contributed by atoms with Crippen LogP contribution >= 0.6 is 0 Å². The van der Waals surface area contributed by atoms with Crippen molar-refractivity contribution in [2.24, 2.45) is 0 Å². The molecule has 1 N–H and O–H groups in total. The average Bonchev–Trinajstić information content (AvgIpc) is 3.02. The predicted octanol–water partition coefficient (Wildman–Crippen LogP) is 3.28. The Bertz CT molecular complexity index is 862. The van der Waals surface area contributed by atoms with Crippen LogP contribution in [0.4, 0.5) is 10.1 Å². The molecule has 0 aliphatic heterocycles. The lowest BCUT2D eigenvalue weighted by molar-refractivity contribution is -0.115. The van der Waals surface area contributed by atoms with Gasteiger partial charge in [-0.3, -0.25) is 4.79 Å². The maximum atomic E-state index is 13.6. The van der Waals surface area contributed by atoms with E-state index >= 15 is 0 Å². The zero-order valence-electron chi connectivity index (χ0n) is 13.5. The third kappa shape index (κ3) is 4.63. The first-order valence-electron chi connectivity index (χ1n) is 7.65. The van der Waals surface area contributed by atoms with E-state index < -0.39 is 5.82 Å².